The van der Waals surface area contributed by atoms with E-state index < -0.39 is 23.7 Å². The molecule has 0 aliphatic carbocycles. The molecule has 0 saturated carbocycles. The number of esters is 1. The summed E-state index contributed by atoms with van der Waals surface area (Å²) in [5, 5.41) is 0.659. The zero-order chi connectivity index (χ0) is 18.6. The molecule has 1 fully saturated rings. The second-order valence-corrected chi connectivity index (χ2v) is 7.40. The monoisotopic (exact) mass is 369 g/mol. The number of hydrogen-bond acceptors (Lipinski definition) is 5. The van der Waals surface area contributed by atoms with E-state index in [1.165, 1.54) is 12.0 Å². The van der Waals surface area contributed by atoms with Crippen LogP contribution in [-0.2, 0) is 25.6 Å². The van der Waals surface area contributed by atoms with Crippen LogP contribution in [0.25, 0.3) is 0 Å². The van der Waals surface area contributed by atoms with E-state index in [1.807, 2.05) is 12.1 Å². The lowest BCUT2D eigenvalue weighted by Gasteiger charge is -2.27. The van der Waals surface area contributed by atoms with Gasteiger partial charge in [-0.1, -0.05) is 23.7 Å². The first kappa shape index (κ1) is 19.5. The van der Waals surface area contributed by atoms with Gasteiger partial charge >= 0.3 is 12.1 Å². The summed E-state index contributed by atoms with van der Waals surface area (Å²) in [6.07, 6.45) is -0.438. The molecule has 2 rings (SSSR count). The van der Waals surface area contributed by atoms with Crippen molar-refractivity contribution in [2.75, 3.05) is 13.7 Å². The Hall–Kier alpha value is -1.79. The summed E-state index contributed by atoms with van der Waals surface area (Å²) in [4.78, 5) is 25.8. The predicted molar refractivity (Wildman–Crippen MR) is 93.4 cm³/mol. The summed E-state index contributed by atoms with van der Waals surface area (Å²) in [5.74, 6) is -0.469. The van der Waals surface area contributed by atoms with Crippen LogP contribution in [0.3, 0.4) is 0 Å². The Morgan fingerprint density at radius 3 is 2.44 bits per heavy atom. The van der Waals surface area contributed by atoms with E-state index in [4.69, 9.17) is 25.8 Å². The lowest BCUT2D eigenvalue weighted by molar-refractivity contribution is -0.145. The molecule has 138 valence electrons. The molecule has 1 heterocycles. The maximum absolute atomic E-state index is 12.4. The van der Waals surface area contributed by atoms with E-state index >= 15 is 0 Å². The summed E-state index contributed by atoms with van der Waals surface area (Å²) in [7, 11) is 1.30. The number of nitrogens with zero attached hydrogens (tertiary/aromatic N) is 1. The van der Waals surface area contributed by atoms with E-state index in [9.17, 15) is 9.59 Å². The maximum Gasteiger partial charge on any atom is 0.411 e. The molecule has 1 amide bonds. The van der Waals surface area contributed by atoms with Gasteiger partial charge in [-0.15, -0.1) is 0 Å². The number of carbonyl (C=O) groups excluding carboxylic acids is 2. The highest BCUT2D eigenvalue weighted by molar-refractivity contribution is 6.30. The standard InChI is InChI=1S/C18H24ClNO5/c1-18(2,3)25-17(22)20-10-14(9-15(20)16(21)23-4)24-11-12-5-7-13(19)8-6-12/h5-8,14-15H,9-11H2,1-4H3/t14-,15-/m0/s1. The molecule has 7 heteroatoms. The van der Waals surface area contributed by atoms with Gasteiger partial charge in [0.1, 0.15) is 11.6 Å². The Kier molecular flexibility index (Phi) is 6.30. The Bertz CT molecular complexity index is 611. The van der Waals surface area contributed by atoms with Gasteiger partial charge in [0, 0.05) is 11.4 Å². The van der Waals surface area contributed by atoms with Crippen molar-refractivity contribution < 1.29 is 23.8 Å². The number of ether oxygens (including phenoxy) is 3. The van der Waals surface area contributed by atoms with Crippen molar-refractivity contribution >= 4 is 23.7 Å². The number of rotatable bonds is 4. The summed E-state index contributed by atoms with van der Waals surface area (Å²) in [6.45, 7) is 5.99. The van der Waals surface area contributed by atoms with Gasteiger partial charge in [-0.05, 0) is 38.5 Å². The molecule has 0 bridgehead atoms. The van der Waals surface area contributed by atoms with Crippen LogP contribution in [0.5, 0.6) is 0 Å². The molecule has 1 aliphatic rings. The van der Waals surface area contributed by atoms with Crippen LogP contribution in [0, 0.1) is 0 Å². The molecule has 0 aromatic heterocycles. The molecule has 1 aromatic carbocycles. The van der Waals surface area contributed by atoms with Crippen molar-refractivity contribution in [3.63, 3.8) is 0 Å². The van der Waals surface area contributed by atoms with Gasteiger partial charge in [0.05, 0.1) is 26.4 Å². The topological polar surface area (TPSA) is 65.1 Å². The minimum atomic E-state index is -0.699. The number of benzene rings is 1. The fourth-order valence-corrected chi connectivity index (χ4v) is 2.72. The van der Waals surface area contributed by atoms with Crippen LogP contribution in [-0.4, -0.2) is 48.4 Å². The lowest BCUT2D eigenvalue weighted by Crippen LogP contribution is -2.44. The summed E-state index contributed by atoms with van der Waals surface area (Å²) in [6, 6.07) is 6.63. The molecule has 0 radical (unpaired) electrons. The second-order valence-electron chi connectivity index (χ2n) is 6.97. The second kappa shape index (κ2) is 8.06. The Morgan fingerprint density at radius 2 is 1.88 bits per heavy atom. The fraction of sp³-hybridized carbons (Fsp3) is 0.556. The lowest BCUT2D eigenvalue weighted by atomic mass is 10.2. The van der Waals surface area contributed by atoms with E-state index in [-0.39, 0.29) is 12.6 Å². The molecular weight excluding hydrogens is 346 g/mol. The van der Waals surface area contributed by atoms with Gasteiger partial charge in [0.15, 0.2) is 0 Å². The number of likely N-dealkylation sites (tertiary alicyclic amines) is 1. The molecule has 0 N–H and O–H groups in total. The largest absolute Gasteiger partial charge is 0.467 e. The van der Waals surface area contributed by atoms with Gasteiger partial charge in [0.2, 0.25) is 0 Å². The van der Waals surface area contributed by atoms with Gasteiger partial charge in [-0.25, -0.2) is 9.59 Å². The fourth-order valence-electron chi connectivity index (χ4n) is 2.59. The van der Waals surface area contributed by atoms with Crippen molar-refractivity contribution in [2.45, 2.75) is 51.5 Å². The number of hydrogen-bond donors (Lipinski definition) is 0. The van der Waals surface area contributed by atoms with E-state index in [2.05, 4.69) is 0 Å². The van der Waals surface area contributed by atoms with Crippen LogP contribution in [0.4, 0.5) is 4.79 Å². The molecule has 6 nitrogen and oxygen atoms in total. The molecule has 1 saturated heterocycles. The Balaban J connectivity index is 2.00. The van der Waals surface area contributed by atoms with Crippen molar-refractivity contribution in [2.24, 2.45) is 0 Å². The van der Waals surface area contributed by atoms with E-state index in [0.29, 0.717) is 18.1 Å². The van der Waals surface area contributed by atoms with Crippen LogP contribution >= 0.6 is 11.6 Å². The summed E-state index contributed by atoms with van der Waals surface area (Å²) >= 11 is 5.87. The highest BCUT2D eigenvalue weighted by atomic mass is 35.5. The average Bonchev–Trinajstić information content (AvgIpc) is 2.96. The minimum Gasteiger partial charge on any atom is -0.467 e. The van der Waals surface area contributed by atoms with Crippen molar-refractivity contribution in [3.05, 3.63) is 34.9 Å². The third kappa shape index (κ3) is 5.61. The molecule has 1 aromatic rings. The number of methoxy groups -OCH3 is 1. The molecule has 0 unspecified atom stereocenters. The van der Waals surface area contributed by atoms with Crippen molar-refractivity contribution in [1.29, 1.82) is 0 Å². The smallest absolute Gasteiger partial charge is 0.411 e. The number of amides is 1. The average molecular weight is 370 g/mol. The highest BCUT2D eigenvalue weighted by Gasteiger charge is 2.42. The van der Waals surface area contributed by atoms with Gasteiger partial charge in [0.25, 0.3) is 0 Å². The van der Waals surface area contributed by atoms with Crippen LogP contribution in [0.1, 0.15) is 32.8 Å². The third-order valence-corrected chi connectivity index (χ3v) is 4.01. The van der Waals surface area contributed by atoms with Crippen molar-refractivity contribution in [3.8, 4) is 0 Å². The summed E-state index contributed by atoms with van der Waals surface area (Å²) < 4.78 is 16.1. The quantitative estimate of drug-likeness (QED) is 0.761. The molecule has 25 heavy (non-hydrogen) atoms. The van der Waals surface area contributed by atoms with Crippen LogP contribution in [0.2, 0.25) is 5.02 Å². The highest BCUT2D eigenvalue weighted by Crippen LogP contribution is 2.25. The van der Waals surface area contributed by atoms with Gasteiger partial charge in [-0.2, -0.15) is 0 Å². The van der Waals surface area contributed by atoms with Gasteiger partial charge in [-0.3, -0.25) is 4.90 Å². The normalized spacial score (nSPS) is 20.4. The minimum absolute atomic E-state index is 0.271. The maximum atomic E-state index is 12.4. The first-order chi connectivity index (χ1) is 11.7. The Morgan fingerprint density at radius 1 is 1.24 bits per heavy atom. The SMILES string of the molecule is COC(=O)[C@@H]1C[C@H](OCc2ccc(Cl)cc2)CN1C(=O)OC(C)(C)C. The number of carbonyl (C=O) groups is 2. The first-order valence-corrected chi connectivity index (χ1v) is 8.51. The molecule has 0 spiro atoms. The number of halogens is 1. The third-order valence-electron chi connectivity index (χ3n) is 3.76. The zero-order valence-electron chi connectivity index (χ0n) is 15.0. The first-order valence-electron chi connectivity index (χ1n) is 8.13. The van der Waals surface area contributed by atoms with E-state index in [1.54, 1.807) is 32.9 Å². The predicted octanol–water partition coefficient (Wildman–Crippen LogP) is 3.41. The van der Waals surface area contributed by atoms with Crippen molar-refractivity contribution in [1.82, 2.24) is 4.90 Å². The van der Waals surface area contributed by atoms with E-state index in [0.717, 1.165) is 5.56 Å². The zero-order valence-corrected chi connectivity index (χ0v) is 15.7. The summed E-state index contributed by atoms with van der Waals surface area (Å²) in [5.41, 5.74) is 0.328. The van der Waals surface area contributed by atoms with Crippen LogP contribution in [0.15, 0.2) is 24.3 Å². The van der Waals surface area contributed by atoms with Gasteiger partial charge < -0.3 is 14.2 Å². The molecule has 1 aliphatic heterocycles. The molecular formula is C18H24ClNO5. The van der Waals surface area contributed by atoms with Crippen LogP contribution < -0.4 is 0 Å². The molecule has 2 atom stereocenters. The Labute approximate surface area is 153 Å².